The number of hydrogen-bond donors (Lipinski definition) is 1. The lowest BCUT2D eigenvalue weighted by Gasteiger charge is -2.06. The van der Waals surface area contributed by atoms with E-state index in [0.29, 0.717) is 11.7 Å². The minimum atomic E-state index is -0.00746. The van der Waals surface area contributed by atoms with Gasteiger partial charge in [0.1, 0.15) is 5.15 Å². The summed E-state index contributed by atoms with van der Waals surface area (Å²) in [5.74, 6) is -0.00746. The minimum Gasteiger partial charge on any atom is -0.384 e. The van der Waals surface area contributed by atoms with Crippen molar-refractivity contribution in [1.82, 2.24) is 4.98 Å². The van der Waals surface area contributed by atoms with Gasteiger partial charge in [0.05, 0.1) is 12.0 Å². The summed E-state index contributed by atoms with van der Waals surface area (Å²) in [4.78, 5) is 3.85. The van der Waals surface area contributed by atoms with Crippen LogP contribution in [-0.2, 0) is 0 Å². The summed E-state index contributed by atoms with van der Waals surface area (Å²) in [6.07, 6.45) is 1.63. The molecule has 0 amide bonds. The zero-order valence-electron chi connectivity index (χ0n) is 7.29. The van der Waals surface area contributed by atoms with Gasteiger partial charge in [-0.25, -0.2) is 4.98 Å². The van der Waals surface area contributed by atoms with Crippen LogP contribution in [0.15, 0.2) is 18.3 Å². The van der Waals surface area contributed by atoms with Crippen molar-refractivity contribution < 1.29 is 0 Å². The topological polar surface area (TPSA) is 48.7 Å². The van der Waals surface area contributed by atoms with Gasteiger partial charge < -0.3 is 5.32 Å². The molecule has 4 heteroatoms. The first kappa shape index (κ1) is 9.82. The van der Waals surface area contributed by atoms with Crippen LogP contribution in [0.25, 0.3) is 0 Å². The molecule has 1 aromatic rings. The average molecular weight is 196 g/mol. The Labute approximate surface area is 82.4 Å². The van der Waals surface area contributed by atoms with Gasteiger partial charge in [-0.1, -0.05) is 11.6 Å². The van der Waals surface area contributed by atoms with Gasteiger partial charge in [0.15, 0.2) is 0 Å². The van der Waals surface area contributed by atoms with Gasteiger partial charge in [0.25, 0.3) is 0 Å². The number of halogens is 1. The second-order valence-corrected chi connectivity index (χ2v) is 3.17. The summed E-state index contributed by atoms with van der Waals surface area (Å²) in [6.45, 7) is 2.48. The summed E-state index contributed by atoms with van der Waals surface area (Å²) in [7, 11) is 0. The van der Waals surface area contributed by atoms with Crippen LogP contribution in [-0.4, -0.2) is 11.5 Å². The third kappa shape index (κ3) is 3.30. The molecule has 1 heterocycles. The van der Waals surface area contributed by atoms with Gasteiger partial charge in [0, 0.05) is 18.4 Å². The van der Waals surface area contributed by atoms with E-state index in [1.54, 1.807) is 12.3 Å². The Balaban J connectivity index is 2.51. The number of rotatable bonds is 3. The molecule has 1 aromatic heterocycles. The maximum atomic E-state index is 8.54. The summed E-state index contributed by atoms with van der Waals surface area (Å²) in [6, 6.07) is 5.68. The second-order valence-electron chi connectivity index (χ2n) is 2.78. The second kappa shape index (κ2) is 4.68. The van der Waals surface area contributed by atoms with E-state index in [1.807, 2.05) is 13.0 Å². The number of nitriles is 1. The van der Waals surface area contributed by atoms with E-state index in [9.17, 15) is 0 Å². The molecule has 0 aromatic carbocycles. The molecule has 1 N–H and O–H groups in total. The van der Waals surface area contributed by atoms with Gasteiger partial charge in [-0.2, -0.15) is 5.26 Å². The number of nitrogens with one attached hydrogen (secondary N) is 1. The highest BCUT2D eigenvalue weighted by atomic mass is 35.5. The molecule has 68 valence electrons. The molecule has 3 nitrogen and oxygen atoms in total. The molecule has 0 aliphatic heterocycles. The first-order valence-electron chi connectivity index (χ1n) is 3.97. The molecule has 0 aliphatic rings. The molecule has 1 atom stereocenters. The van der Waals surface area contributed by atoms with E-state index in [1.165, 1.54) is 0 Å². The van der Waals surface area contributed by atoms with E-state index in [4.69, 9.17) is 16.9 Å². The predicted octanol–water partition coefficient (Wildman–Crippen LogP) is 2.31. The zero-order chi connectivity index (χ0) is 9.68. The molecule has 13 heavy (non-hydrogen) atoms. The van der Waals surface area contributed by atoms with E-state index in [0.717, 1.165) is 5.69 Å². The SMILES string of the molecule is CC(C#N)CNc1ccnc(Cl)c1. The third-order valence-corrected chi connectivity index (χ3v) is 1.77. The van der Waals surface area contributed by atoms with Gasteiger partial charge in [-0.05, 0) is 19.1 Å². The summed E-state index contributed by atoms with van der Waals surface area (Å²) in [5.41, 5.74) is 0.891. The smallest absolute Gasteiger partial charge is 0.131 e. The maximum Gasteiger partial charge on any atom is 0.131 e. The highest BCUT2D eigenvalue weighted by Gasteiger charge is 1.99. The Morgan fingerprint density at radius 2 is 2.54 bits per heavy atom. The van der Waals surface area contributed by atoms with Crippen molar-refractivity contribution in [3.05, 3.63) is 23.5 Å². The monoisotopic (exact) mass is 195 g/mol. The predicted molar refractivity (Wildman–Crippen MR) is 52.5 cm³/mol. The lowest BCUT2D eigenvalue weighted by molar-refractivity contribution is 0.786. The molecule has 0 saturated heterocycles. The molecule has 0 aliphatic carbocycles. The number of nitrogens with zero attached hydrogens (tertiary/aromatic N) is 2. The molecular weight excluding hydrogens is 186 g/mol. The Hall–Kier alpha value is -1.27. The Morgan fingerprint density at radius 3 is 3.15 bits per heavy atom. The average Bonchev–Trinajstić information content (AvgIpc) is 2.14. The fourth-order valence-electron chi connectivity index (χ4n) is 0.829. The summed E-state index contributed by atoms with van der Waals surface area (Å²) >= 11 is 5.68. The molecule has 0 fully saturated rings. The number of pyridine rings is 1. The van der Waals surface area contributed by atoms with Crippen LogP contribution in [0.4, 0.5) is 5.69 Å². The standard InChI is InChI=1S/C9H10ClN3/c1-7(5-11)6-13-8-2-3-12-9(10)4-8/h2-4,7H,6H2,1H3,(H,12,13). The zero-order valence-corrected chi connectivity index (χ0v) is 8.04. The van der Waals surface area contributed by atoms with Gasteiger partial charge in [0.2, 0.25) is 0 Å². The first-order valence-corrected chi connectivity index (χ1v) is 4.35. The van der Waals surface area contributed by atoms with E-state index >= 15 is 0 Å². The summed E-state index contributed by atoms with van der Waals surface area (Å²) in [5, 5.41) is 12.1. The van der Waals surface area contributed by atoms with Crippen molar-refractivity contribution in [2.24, 2.45) is 5.92 Å². The quantitative estimate of drug-likeness (QED) is 0.753. The number of aromatic nitrogens is 1. The molecule has 0 radical (unpaired) electrons. The largest absolute Gasteiger partial charge is 0.384 e. The van der Waals surface area contributed by atoms with Crippen LogP contribution < -0.4 is 5.32 Å². The molecule has 0 spiro atoms. The van der Waals surface area contributed by atoms with Gasteiger partial charge in [-0.15, -0.1) is 0 Å². The van der Waals surface area contributed by atoms with Gasteiger partial charge in [-0.3, -0.25) is 0 Å². The fraction of sp³-hybridized carbons (Fsp3) is 0.333. The molecule has 0 saturated carbocycles. The van der Waals surface area contributed by atoms with Crippen LogP contribution in [0.2, 0.25) is 5.15 Å². The third-order valence-electron chi connectivity index (χ3n) is 1.56. The van der Waals surface area contributed by atoms with Crippen LogP contribution in [0, 0.1) is 17.2 Å². The molecule has 1 unspecified atom stereocenters. The summed E-state index contributed by atoms with van der Waals surface area (Å²) < 4.78 is 0. The van der Waals surface area contributed by atoms with Crippen LogP contribution in [0.1, 0.15) is 6.92 Å². The van der Waals surface area contributed by atoms with Gasteiger partial charge >= 0.3 is 0 Å². The maximum absolute atomic E-state index is 8.54. The molecule has 1 rings (SSSR count). The number of hydrogen-bond acceptors (Lipinski definition) is 3. The minimum absolute atomic E-state index is 0.00746. The van der Waals surface area contributed by atoms with Crippen molar-refractivity contribution in [2.75, 3.05) is 11.9 Å². The molecule has 0 bridgehead atoms. The van der Waals surface area contributed by atoms with Crippen molar-refractivity contribution >= 4 is 17.3 Å². The lowest BCUT2D eigenvalue weighted by Crippen LogP contribution is -2.09. The van der Waals surface area contributed by atoms with Crippen molar-refractivity contribution in [3.8, 4) is 6.07 Å². The molecular formula is C9H10ClN3. The fourth-order valence-corrected chi connectivity index (χ4v) is 1.00. The van der Waals surface area contributed by atoms with E-state index < -0.39 is 0 Å². The Morgan fingerprint density at radius 1 is 1.77 bits per heavy atom. The Bertz CT molecular complexity index is 319. The van der Waals surface area contributed by atoms with Crippen molar-refractivity contribution in [1.29, 1.82) is 5.26 Å². The van der Waals surface area contributed by atoms with Crippen LogP contribution >= 0.6 is 11.6 Å². The van der Waals surface area contributed by atoms with Crippen molar-refractivity contribution in [2.45, 2.75) is 6.92 Å². The van der Waals surface area contributed by atoms with Crippen LogP contribution in [0.3, 0.4) is 0 Å². The van der Waals surface area contributed by atoms with E-state index in [-0.39, 0.29) is 5.92 Å². The normalized spacial score (nSPS) is 11.8. The highest BCUT2D eigenvalue weighted by molar-refractivity contribution is 6.29. The lowest BCUT2D eigenvalue weighted by atomic mass is 10.2. The first-order chi connectivity index (χ1) is 6.22. The van der Waals surface area contributed by atoms with E-state index in [2.05, 4.69) is 16.4 Å². The van der Waals surface area contributed by atoms with Crippen LogP contribution in [0.5, 0.6) is 0 Å². The number of anilines is 1. The van der Waals surface area contributed by atoms with Crippen molar-refractivity contribution in [3.63, 3.8) is 0 Å². The Kier molecular flexibility index (Phi) is 3.53. The highest BCUT2D eigenvalue weighted by Crippen LogP contribution is 2.11.